The Hall–Kier alpha value is -0.900. The van der Waals surface area contributed by atoms with Crippen LogP contribution in [0.2, 0.25) is 0 Å². The normalized spacial score (nSPS) is 10.9. The van der Waals surface area contributed by atoms with Crippen LogP contribution in [0.25, 0.3) is 10.1 Å². The van der Waals surface area contributed by atoms with Crippen molar-refractivity contribution in [2.45, 2.75) is 13.5 Å². The van der Waals surface area contributed by atoms with Gasteiger partial charge >= 0.3 is 0 Å². The summed E-state index contributed by atoms with van der Waals surface area (Å²) in [5.41, 5.74) is 1.29. The largest absolute Gasteiger partial charge is 0.299 e. The van der Waals surface area contributed by atoms with Gasteiger partial charge in [-0.1, -0.05) is 12.1 Å². The van der Waals surface area contributed by atoms with E-state index < -0.39 is 0 Å². The zero-order valence-electron chi connectivity index (χ0n) is 7.41. The van der Waals surface area contributed by atoms with Crippen LogP contribution in [0.4, 0.5) is 0 Å². The topological polar surface area (TPSA) is 35.2 Å². The van der Waals surface area contributed by atoms with Crippen LogP contribution >= 0.6 is 11.3 Å². The van der Waals surface area contributed by atoms with E-state index in [0.29, 0.717) is 6.61 Å². The summed E-state index contributed by atoms with van der Waals surface area (Å²) < 4.78 is 1.30. The number of fused-ring (bicyclic) bond motifs is 1. The third-order valence-electron chi connectivity index (χ3n) is 1.95. The van der Waals surface area contributed by atoms with Crippen molar-refractivity contribution in [2.75, 3.05) is 0 Å². The second-order valence-electron chi connectivity index (χ2n) is 3.06. The minimum absolute atomic E-state index is 0.498. The second-order valence-corrected chi connectivity index (χ2v) is 4.23. The highest BCUT2D eigenvalue weighted by Crippen LogP contribution is 2.26. The quantitative estimate of drug-likeness (QED) is 0.744. The summed E-state index contributed by atoms with van der Waals surface area (Å²) in [7, 11) is 0. The van der Waals surface area contributed by atoms with Crippen LogP contribution in [-0.2, 0) is 11.4 Å². The van der Waals surface area contributed by atoms with Crippen LogP contribution < -0.4 is 5.90 Å². The van der Waals surface area contributed by atoms with Crippen molar-refractivity contribution in [2.24, 2.45) is 5.90 Å². The predicted octanol–water partition coefficient (Wildman–Crippen LogP) is 2.60. The molecule has 0 unspecified atom stereocenters. The number of nitrogens with two attached hydrogens (primary N) is 1. The highest BCUT2D eigenvalue weighted by atomic mass is 32.1. The molecule has 1 heterocycles. The molecule has 0 aliphatic heterocycles. The monoisotopic (exact) mass is 193 g/mol. The summed E-state index contributed by atoms with van der Waals surface area (Å²) in [6.45, 7) is 2.59. The minimum atomic E-state index is 0.498. The van der Waals surface area contributed by atoms with E-state index >= 15 is 0 Å². The Labute approximate surface area is 80.9 Å². The van der Waals surface area contributed by atoms with Gasteiger partial charge in [-0.25, -0.2) is 5.90 Å². The molecular weight excluding hydrogens is 182 g/mol. The van der Waals surface area contributed by atoms with Gasteiger partial charge in [0.25, 0.3) is 0 Å². The molecule has 0 atom stereocenters. The molecule has 0 saturated heterocycles. The van der Waals surface area contributed by atoms with Crippen molar-refractivity contribution >= 4 is 21.4 Å². The summed E-state index contributed by atoms with van der Waals surface area (Å²) in [4.78, 5) is 5.77. The summed E-state index contributed by atoms with van der Waals surface area (Å²) in [5, 5.41) is 1.27. The van der Waals surface area contributed by atoms with E-state index in [4.69, 9.17) is 5.90 Å². The van der Waals surface area contributed by atoms with Crippen LogP contribution in [0, 0.1) is 6.92 Å². The standard InChI is InChI=1S/C10H11NOS/c1-7-2-3-8-5-9(6-12-11)13-10(8)4-7/h2-5H,6,11H2,1H3. The van der Waals surface area contributed by atoms with Gasteiger partial charge in [0.15, 0.2) is 0 Å². The number of thiophene rings is 1. The third kappa shape index (κ3) is 1.72. The Morgan fingerprint density at radius 2 is 2.23 bits per heavy atom. The molecule has 0 bridgehead atoms. The zero-order chi connectivity index (χ0) is 9.26. The van der Waals surface area contributed by atoms with Gasteiger partial charge in [0.1, 0.15) is 6.61 Å². The maximum absolute atomic E-state index is 5.02. The molecule has 0 spiro atoms. The van der Waals surface area contributed by atoms with E-state index in [-0.39, 0.29) is 0 Å². The van der Waals surface area contributed by atoms with Crippen molar-refractivity contribution in [3.63, 3.8) is 0 Å². The highest BCUT2D eigenvalue weighted by Gasteiger charge is 2.00. The van der Waals surface area contributed by atoms with Crippen LogP contribution in [0.1, 0.15) is 10.4 Å². The predicted molar refractivity (Wildman–Crippen MR) is 55.5 cm³/mol. The Morgan fingerprint density at radius 3 is 3.00 bits per heavy atom. The first-order chi connectivity index (χ1) is 6.29. The number of benzene rings is 1. The zero-order valence-corrected chi connectivity index (χ0v) is 8.23. The van der Waals surface area contributed by atoms with E-state index in [1.54, 1.807) is 11.3 Å². The van der Waals surface area contributed by atoms with E-state index in [2.05, 4.69) is 36.0 Å². The Kier molecular flexibility index (Phi) is 2.31. The van der Waals surface area contributed by atoms with Gasteiger partial charge < -0.3 is 0 Å². The molecule has 0 aliphatic carbocycles. The molecule has 2 rings (SSSR count). The van der Waals surface area contributed by atoms with Crippen molar-refractivity contribution < 1.29 is 4.84 Å². The average molecular weight is 193 g/mol. The smallest absolute Gasteiger partial charge is 0.102 e. The third-order valence-corrected chi connectivity index (χ3v) is 3.02. The lowest BCUT2D eigenvalue weighted by molar-refractivity contribution is 0.126. The van der Waals surface area contributed by atoms with Gasteiger partial charge in [0.05, 0.1) is 0 Å². The first kappa shape index (κ1) is 8.69. The summed E-state index contributed by atoms with van der Waals surface area (Å²) >= 11 is 1.73. The maximum Gasteiger partial charge on any atom is 0.102 e. The van der Waals surface area contributed by atoms with E-state index in [1.165, 1.54) is 20.5 Å². The Balaban J connectivity index is 2.49. The van der Waals surface area contributed by atoms with Crippen molar-refractivity contribution in [3.8, 4) is 0 Å². The Bertz CT molecular complexity index is 422. The molecule has 3 heteroatoms. The van der Waals surface area contributed by atoms with Crippen LogP contribution in [0.15, 0.2) is 24.3 Å². The molecule has 2 N–H and O–H groups in total. The molecule has 2 aromatic rings. The summed E-state index contributed by atoms with van der Waals surface area (Å²) in [5.74, 6) is 5.02. The van der Waals surface area contributed by atoms with E-state index in [9.17, 15) is 0 Å². The van der Waals surface area contributed by atoms with Crippen molar-refractivity contribution in [1.82, 2.24) is 0 Å². The fourth-order valence-corrected chi connectivity index (χ4v) is 2.43. The number of aryl methyl sites for hydroxylation is 1. The number of hydrogen-bond acceptors (Lipinski definition) is 3. The van der Waals surface area contributed by atoms with E-state index in [1.807, 2.05) is 0 Å². The fraction of sp³-hybridized carbons (Fsp3) is 0.200. The van der Waals surface area contributed by atoms with Gasteiger partial charge in [0.2, 0.25) is 0 Å². The minimum Gasteiger partial charge on any atom is -0.299 e. The summed E-state index contributed by atoms with van der Waals surface area (Å²) in [6.07, 6.45) is 0. The second kappa shape index (κ2) is 3.46. The van der Waals surface area contributed by atoms with Crippen LogP contribution in [0.3, 0.4) is 0 Å². The molecule has 1 aromatic heterocycles. The van der Waals surface area contributed by atoms with Crippen molar-refractivity contribution in [1.29, 1.82) is 0 Å². The number of rotatable bonds is 2. The van der Waals surface area contributed by atoms with Crippen LogP contribution in [0.5, 0.6) is 0 Å². The van der Waals surface area contributed by atoms with Gasteiger partial charge in [-0.15, -0.1) is 11.3 Å². The molecule has 0 fully saturated rings. The van der Waals surface area contributed by atoms with Gasteiger partial charge in [-0.05, 0) is 30.0 Å². The fourth-order valence-electron chi connectivity index (χ4n) is 1.35. The first-order valence-electron chi connectivity index (χ1n) is 4.10. The van der Waals surface area contributed by atoms with Gasteiger partial charge in [0, 0.05) is 9.58 Å². The molecule has 68 valence electrons. The molecular formula is C10H11NOS. The SMILES string of the molecule is Cc1ccc2cc(CON)sc2c1. The molecule has 2 nitrogen and oxygen atoms in total. The summed E-state index contributed by atoms with van der Waals surface area (Å²) in [6, 6.07) is 8.54. The highest BCUT2D eigenvalue weighted by molar-refractivity contribution is 7.19. The van der Waals surface area contributed by atoms with Crippen LogP contribution in [-0.4, -0.2) is 0 Å². The lowest BCUT2D eigenvalue weighted by Gasteiger charge is -1.90. The van der Waals surface area contributed by atoms with Crippen molar-refractivity contribution in [3.05, 3.63) is 34.7 Å². The molecule has 0 amide bonds. The molecule has 0 radical (unpaired) electrons. The van der Waals surface area contributed by atoms with Gasteiger partial charge in [-0.3, -0.25) is 4.84 Å². The number of hydrogen-bond donors (Lipinski definition) is 1. The first-order valence-corrected chi connectivity index (χ1v) is 4.92. The molecule has 1 aromatic carbocycles. The molecule has 13 heavy (non-hydrogen) atoms. The maximum atomic E-state index is 5.02. The lowest BCUT2D eigenvalue weighted by Crippen LogP contribution is -1.96. The molecule has 0 aliphatic rings. The lowest BCUT2D eigenvalue weighted by atomic mass is 10.2. The average Bonchev–Trinajstić information content (AvgIpc) is 2.46. The van der Waals surface area contributed by atoms with E-state index in [0.717, 1.165) is 0 Å². The molecule has 0 saturated carbocycles. The Morgan fingerprint density at radius 1 is 1.38 bits per heavy atom. The van der Waals surface area contributed by atoms with Gasteiger partial charge in [-0.2, -0.15) is 0 Å².